The second kappa shape index (κ2) is 3.39. The number of nitrogen functional groups attached to an aromatic ring is 1. The van der Waals surface area contributed by atoms with E-state index in [1.807, 2.05) is 37.4 Å². The van der Waals surface area contributed by atoms with E-state index in [9.17, 15) is 0 Å². The number of nitrogens with one attached hydrogen (secondary N) is 1. The SMILES string of the molecule is CNc1ccc(Cl)c2c(N)cccc12. The van der Waals surface area contributed by atoms with Gasteiger partial charge in [0.15, 0.2) is 0 Å². The largest absolute Gasteiger partial charge is 0.398 e. The molecule has 0 saturated heterocycles. The van der Waals surface area contributed by atoms with Gasteiger partial charge in [-0.15, -0.1) is 0 Å². The van der Waals surface area contributed by atoms with Crippen molar-refractivity contribution in [2.24, 2.45) is 0 Å². The summed E-state index contributed by atoms with van der Waals surface area (Å²) < 4.78 is 0. The predicted molar refractivity (Wildman–Crippen MR) is 62.9 cm³/mol. The van der Waals surface area contributed by atoms with Crippen LogP contribution in [0.3, 0.4) is 0 Å². The lowest BCUT2D eigenvalue weighted by atomic mass is 10.1. The van der Waals surface area contributed by atoms with Crippen molar-refractivity contribution in [2.75, 3.05) is 18.1 Å². The van der Waals surface area contributed by atoms with Gasteiger partial charge in [-0.05, 0) is 18.2 Å². The molecule has 0 aliphatic carbocycles. The van der Waals surface area contributed by atoms with Crippen LogP contribution >= 0.6 is 11.6 Å². The Labute approximate surface area is 87.7 Å². The van der Waals surface area contributed by atoms with Crippen LogP contribution in [0.5, 0.6) is 0 Å². The summed E-state index contributed by atoms with van der Waals surface area (Å²) in [4.78, 5) is 0. The Morgan fingerprint density at radius 2 is 2.00 bits per heavy atom. The predicted octanol–water partition coefficient (Wildman–Crippen LogP) is 3.12. The highest BCUT2D eigenvalue weighted by atomic mass is 35.5. The van der Waals surface area contributed by atoms with Crippen molar-refractivity contribution in [2.45, 2.75) is 0 Å². The van der Waals surface area contributed by atoms with Gasteiger partial charge in [-0.3, -0.25) is 0 Å². The van der Waals surface area contributed by atoms with Crippen LogP contribution in [0.15, 0.2) is 30.3 Å². The average molecular weight is 207 g/mol. The van der Waals surface area contributed by atoms with Gasteiger partial charge in [0.25, 0.3) is 0 Å². The van der Waals surface area contributed by atoms with Crippen LogP contribution in [-0.2, 0) is 0 Å². The van der Waals surface area contributed by atoms with E-state index < -0.39 is 0 Å². The van der Waals surface area contributed by atoms with E-state index in [-0.39, 0.29) is 0 Å². The fraction of sp³-hybridized carbons (Fsp3) is 0.0909. The van der Waals surface area contributed by atoms with Gasteiger partial charge in [-0.1, -0.05) is 23.7 Å². The molecule has 0 fully saturated rings. The lowest BCUT2D eigenvalue weighted by Gasteiger charge is -2.09. The minimum atomic E-state index is 0.692. The molecule has 0 radical (unpaired) electrons. The number of benzene rings is 2. The molecule has 72 valence electrons. The highest BCUT2D eigenvalue weighted by Gasteiger charge is 2.05. The smallest absolute Gasteiger partial charge is 0.0506 e. The average Bonchev–Trinajstić information content (AvgIpc) is 2.18. The number of fused-ring (bicyclic) bond motifs is 1. The third kappa shape index (κ3) is 1.28. The second-order valence-corrected chi connectivity index (χ2v) is 3.52. The van der Waals surface area contributed by atoms with E-state index in [2.05, 4.69) is 5.32 Å². The molecule has 2 rings (SSSR count). The molecule has 0 aliphatic heterocycles. The van der Waals surface area contributed by atoms with Gasteiger partial charge < -0.3 is 11.1 Å². The molecule has 0 unspecified atom stereocenters. The van der Waals surface area contributed by atoms with E-state index in [1.165, 1.54) is 0 Å². The summed E-state index contributed by atoms with van der Waals surface area (Å²) in [5.41, 5.74) is 7.62. The minimum Gasteiger partial charge on any atom is -0.398 e. The molecular weight excluding hydrogens is 196 g/mol. The van der Waals surface area contributed by atoms with Crippen LogP contribution in [-0.4, -0.2) is 7.05 Å². The summed E-state index contributed by atoms with van der Waals surface area (Å²) in [6, 6.07) is 9.59. The van der Waals surface area contributed by atoms with E-state index >= 15 is 0 Å². The molecule has 0 saturated carbocycles. The Kier molecular flexibility index (Phi) is 2.22. The van der Waals surface area contributed by atoms with Crippen LogP contribution in [0.4, 0.5) is 11.4 Å². The van der Waals surface area contributed by atoms with Crippen molar-refractivity contribution < 1.29 is 0 Å². The Balaban J connectivity index is 2.91. The third-order valence-electron chi connectivity index (χ3n) is 2.29. The van der Waals surface area contributed by atoms with Gasteiger partial charge in [0.1, 0.15) is 0 Å². The van der Waals surface area contributed by atoms with Crippen molar-refractivity contribution in [1.29, 1.82) is 0 Å². The van der Waals surface area contributed by atoms with Gasteiger partial charge in [0.05, 0.1) is 5.02 Å². The second-order valence-electron chi connectivity index (χ2n) is 3.11. The molecule has 0 aromatic heterocycles. The maximum atomic E-state index is 6.08. The van der Waals surface area contributed by atoms with E-state index in [0.29, 0.717) is 10.7 Å². The summed E-state index contributed by atoms with van der Waals surface area (Å²) in [5.74, 6) is 0. The highest BCUT2D eigenvalue weighted by molar-refractivity contribution is 6.37. The molecule has 2 aromatic carbocycles. The zero-order valence-electron chi connectivity index (χ0n) is 7.84. The number of hydrogen-bond donors (Lipinski definition) is 2. The maximum absolute atomic E-state index is 6.08. The Hall–Kier alpha value is -1.41. The molecular formula is C11H11ClN2. The normalized spacial score (nSPS) is 10.4. The molecule has 14 heavy (non-hydrogen) atoms. The monoisotopic (exact) mass is 206 g/mol. The summed E-state index contributed by atoms with van der Waals surface area (Å²) in [6.45, 7) is 0. The Bertz CT molecular complexity index is 472. The van der Waals surface area contributed by atoms with Gasteiger partial charge in [-0.25, -0.2) is 0 Å². The molecule has 2 aromatic rings. The van der Waals surface area contributed by atoms with Gasteiger partial charge >= 0.3 is 0 Å². The van der Waals surface area contributed by atoms with E-state index in [0.717, 1.165) is 16.5 Å². The lowest BCUT2D eigenvalue weighted by molar-refractivity contribution is 1.55. The molecule has 0 heterocycles. The molecule has 0 bridgehead atoms. The minimum absolute atomic E-state index is 0.692. The summed E-state index contributed by atoms with van der Waals surface area (Å²) in [7, 11) is 1.88. The fourth-order valence-electron chi connectivity index (χ4n) is 1.61. The van der Waals surface area contributed by atoms with Crippen molar-refractivity contribution in [1.82, 2.24) is 0 Å². The van der Waals surface area contributed by atoms with Crippen LogP contribution < -0.4 is 11.1 Å². The first-order valence-corrected chi connectivity index (χ1v) is 4.76. The topological polar surface area (TPSA) is 38.0 Å². The summed E-state index contributed by atoms with van der Waals surface area (Å²) >= 11 is 6.08. The number of rotatable bonds is 1. The Morgan fingerprint density at radius 3 is 2.71 bits per heavy atom. The summed E-state index contributed by atoms with van der Waals surface area (Å²) in [6.07, 6.45) is 0. The van der Waals surface area contributed by atoms with Crippen molar-refractivity contribution >= 4 is 33.7 Å². The molecule has 0 aliphatic rings. The molecule has 3 N–H and O–H groups in total. The van der Waals surface area contributed by atoms with Crippen LogP contribution in [0.1, 0.15) is 0 Å². The number of nitrogens with two attached hydrogens (primary N) is 1. The van der Waals surface area contributed by atoms with Crippen molar-refractivity contribution in [3.63, 3.8) is 0 Å². The zero-order chi connectivity index (χ0) is 10.1. The van der Waals surface area contributed by atoms with Crippen molar-refractivity contribution in [3.8, 4) is 0 Å². The van der Waals surface area contributed by atoms with E-state index in [4.69, 9.17) is 17.3 Å². The molecule has 0 amide bonds. The van der Waals surface area contributed by atoms with Gasteiger partial charge in [0.2, 0.25) is 0 Å². The van der Waals surface area contributed by atoms with E-state index in [1.54, 1.807) is 0 Å². The lowest BCUT2D eigenvalue weighted by Crippen LogP contribution is -1.92. The zero-order valence-corrected chi connectivity index (χ0v) is 8.60. The molecule has 0 spiro atoms. The highest BCUT2D eigenvalue weighted by Crippen LogP contribution is 2.33. The first-order chi connectivity index (χ1) is 6.74. The number of anilines is 2. The number of hydrogen-bond acceptors (Lipinski definition) is 2. The van der Waals surface area contributed by atoms with Crippen LogP contribution in [0, 0.1) is 0 Å². The first-order valence-electron chi connectivity index (χ1n) is 4.38. The number of halogens is 1. The molecule has 0 atom stereocenters. The third-order valence-corrected chi connectivity index (χ3v) is 2.61. The fourth-order valence-corrected chi connectivity index (χ4v) is 1.88. The molecule has 3 heteroatoms. The molecule has 2 nitrogen and oxygen atoms in total. The Morgan fingerprint density at radius 1 is 1.21 bits per heavy atom. The standard InChI is InChI=1S/C11H11ClN2/c1-14-10-6-5-8(12)11-7(10)3-2-4-9(11)13/h2-6,14H,13H2,1H3. The summed E-state index contributed by atoms with van der Waals surface area (Å²) in [5, 5.41) is 5.78. The van der Waals surface area contributed by atoms with Gasteiger partial charge in [0, 0.05) is 29.2 Å². The quantitative estimate of drug-likeness (QED) is 0.704. The maximum Gasteiger partial charge on any atom is 0.0506 e. The van der Waals surface area contributed by atoms with Gasteiger partial charge in [-0.2, -0.15) is 0 Å². The van der Waals surface area contributed by atoms with Crippen LogP contribution in [0.25, 0.3) is 10.8 Å². The van der Waals surface area contributed by atoms with Crippen molar-refractivity contribution in [3.05, 3.63) is 35.4 Å². The van der Waals surface area contributed by atoms with Crippen LogP contribution in [0.2, 0.25) is 5.02 Å². The first kappa shape index (κ1) is 9.16.